The maximum absolute atomic E-state index is 6.00. The Kier molecular flexibility index (Phi) is 4.05. The number of rotatable bonds is 2. The van der Waals surface area contributed by atoms with Crippen molar-refractivity contribution < 1.29 is 4.74 Å². The van der Waals surface area contributed by atoms with E-state index in [0.29, 0.717) is 31.6 Å². The number of ether oxygens (including phenoxy) is 1. The van der Waals surface area contributed by atoms with Crippen LogP contribution >= 0.6 is 46.4 Å². The highest BCUT2D eigenvalue weighted by atomic mass is 35.5. The highest BCUT2D eigenvalue weighted by Crippen LogP contribution is 2.37. The van der Waals surface area contributed by atoms with E-state index in [4.69, 9.17) is 51.1 Å². The third-order valence-electron chi connectivity index (χ3n) is 2.03. The van der Waals surface area contributed by atoms with Crippen LogP contribution in [-0.4, -0.2) is 0 Å². The summed E-state index contributed by atoms with van der Waals surface area (Å²) in [6, 6.07) is 10.1. The average Bonchev–Trinajstić information content (AvgIpc) is 2.30. The van der Waals surface area contributed by atoms with Crippen LogP contribution in [0.15, 0.2) is 36.4 Å². The van der Waals surface area contributed by atoms with Crippen LogP contribution in [0.2, 0.25) is 20.1 Å². The zero-order valence-corrected chi connectivity index (χ0v) is 11.4. The van der Waals surface area contributed by atoms with Gasteiger partial charge in [-0.1, -0.05) is 52.5 Å². The van der Waals surface area contributed by atoms with Crippen molar-refractivity contribution >= 4 is 46.4 Å². The van der Waals surface area contributed by atoms with Crippen LogP contribution in [0.3, 0.4) is 0 Å². The standard InChI is InChI=1S/C12H6Cl4O/c13-7-4-5-8(14)11(6-7)17-10-3-1-2-9(15)12(10)16/h1-6H. The van der Waals surface area contributed by atoms with Gasteiger partial charge in [0.25, 0.3) is 0 Å². The Morgan fingerprint density at radius 1 is 0.765 bits per heavy atom. The molecule has 17 heavy (non-hydrogen) atoms. The molecule has 0 aromatic heterocycles. The second kappa shape index (κ2) is 5.36. The van der Waals surface area contributed by atoms with Gasteiger partial charge in [-0.3, -0.25) is 0 Å². The molecule has 0 unspecified atom stereocenters. The topological polar surface area (TPSA) is 9.23 Å². The molecule has 2 aromatic rings. The molecule has 0 aliphatic rings. The molecule has 0 heterocycles. The first-order valence-corrected chi connectivity index (χ1v) is 6.16. The Balaban J connectivity index is 2.38. The highest BCUT2D eigenvalue weighted by Gasteiger charge is 2.09. The number of halogens is 4. The van der Waals surface area contributed by atoms with Gasteiger partial charge < -0.3 is 4.74 Å². The van der Waals surface area contributed by atoms with Crippen molar-refractivity contribution in [1.82, 2.24) is 0 Å². The van der Waals surface area contributed by atoms with Crippen LogP contribution in [-0.2, 0) is 0 Å². The van der Waals surface area contributed by atoms with Crippen LogP contribution < -0.4 is 4.74 Å². The first-order chi connectivity index (χ1) is 8.08. The number of hydrogen-bond acceptors (Lipinski definition) is 1. The maximum atomic E-state index is 6.00. The minimum absolute atomic E-state index is 0.338. The van der Waals surface area contributed by atoms with Gasteiger partial charge in [0.1, 0.15) is 16.5 Å². The van der Waals surface area contributed by atoms with Crippen molar-refractivity contribution in [3.8, 4) is 11.5 Å². The lowest BCUT2D eigenvalue weighted by Gasteiger charge is -2.10. The molecule has 5 heteroatoms. The van der Waals surface area contributed by atoms with Crippen molar-refractivity contribution in [2.24, 2.45) is 0 Å². The summed E-state index contributed by atoms with van der Waals surface area (Å²) >= 11 is 23.7. The maximum Gasteiger partial charge on any atom is 0.147 e. The first-order valence-electron chi connectivity index (χ1n) is 4.65. The van der Waals surface area contributed by atoms with E-state index in [1.165, 1.54) is 0 Å². The van der Waals surface area contributed by atoms with E-state index in [1.54, 1.807) is 36.4 Å². The third kappa shape index (κ3) is 2.99. The number of benzene rings is 2. The minimum Gasteiger partial charge on any atom is -0.454 e. The van der Waals surface area contributed by atoms with Gasteiger partial charge in [-0.05, 0) is 24.3 Å². The Morgan fingerprint density at radius 2 is 1.53 bits per heavy atom. The molecule has 0 saturated heterocycles. The summed E-state index contributed by atoms with van der Waals surface area (Å²) in [6.45, 7) is 0. The fourth-order valence-corrected chi connectivity index (χ4v) is 1.89. The van der Waals surface area contributed by atoms with Crippen molar-refractivity contribution in [2.45, 2.75) is 0 Å². The molecule has 0 N–H and O–H groups in total. The van der Waals surface area contributed by atoms with E-state index in [0.717, 1.165) is 0 Å². The lowest BCUT2D eigenvalue weighted by atomic mass is 10.3. The second-order valence-corrected chi connectivity index (χ2v) is 4.86. The van der Waals surface area contributed by atoms with E-state index in [-0.39, 0.29) is 0 Å². The van der Waals surface area contributed by atoms with Gasteiger partial charge in [-0.25, -0.2) is 0 Å². The smallest absolute Gasteiger partial charge is 0.147 e. The fourth-order valence-electron chi connectivity index (χ4n) is 1.24. The zero-order valence-electron chi connectivity index (χ0n) is 8.38. The summed E-state index contributed by atoms with van der Waals surface area (Å²) in [6.07, 6.45) is 0. The van der Waals surface area contributed by atoms with Gasteiger partial charge in [0, 0.05) is 11.1 Å². The zero-order chi connectivity index (χ0) is 12.4. The van der Waals surface area contributed by atoms with Crippen molar-refractivity contribution in [3.05, 3.63) is 56.5 Å². The van der Waals surface area contributed by atoms with Gasteiger partial charge in [-0.15, -0.1) is 0 Å². The predicted octanol–water partition coefficient (Wildman–Crippen LogP) is 6.09. The summed E-state index contributed by atoms with van der Waals surface area (Å²) in [5.74, 6) is 0.867. The lowest BCUT2D eigenvalue weighted by Crippen LogP contribution is -1.86. The van der Waals surface area contributed by atoms with Crippen LogP contribution in [0.4, 0.5) is 0 Å². The summed E-state index contributed by atoms with van der Waals surface area (Å²) in [5, 5.41) is 1.74. The summed E-state index contributed by atoms with van der Waals surface area (Å²) in [4.78, 5) is 0. The molecule has 0 amide bonds. The Bertz CT molecular complexity index is 554. The molecule has 0 bridgehead atoms. The summed E-state index contributed by atoms with van der Waals surface area (Å²) in [5.41, 5.74) is 0. The quantitative estimate of drug-likeness (QED) is 0.652. The van der Waals surface area contributed by atoms with Crippen LogP contribution in [0, 0.1) is 0 Å². The molecule has 1 nitrogen and oxygen atoms in total. The average molecular weight is 308 g/mol. The minimum atomic E-state index is 0.338. The Labute approximate surface area is 119 Å². The molecule has 0 aliphatic carbocycles. The van der Waals surface area contributed by atoms with Gasteiger partial charge >= 0.3 is 0 Å². The SMILES string of the molecule is Clc1ccc(Cl)c(Oc2cccc(Cl)c2Cl)c1. The largest absolute Gasteiger partial charge is 0.454 e. The molecule has 2 aromatic carbocycles. The lowest BCUT2D eigenvalue weighted by molar-refractivity contribution is 0.483. The first kappa shape index (κ1) is 12.8. The van der Waals surface area contributed by atoms with E-state index in [9.17, 15) is 0 Å². The van der Waals surface area contributed by atoms with Crippen LogP contribution in [0.1, 0.15) is 0 Å². The number of hydrogen-bond donors (Lipinski definition) is 0. The Morgan fingerprint density at radius 3 is 2.29 bits per heavy atom. The molecule has 0 saturated carbocycles. The predicted molar refractivity (Wildman–Crippen MR) is 73.0 cm³/mol. The van der Waals surface area contributed by atoms with Crippen LogP contribution in [0.5, 0.6) is 11.5 Å². The molecule has 88 valence electrons. The van der Waals surface area contributed by atoms with Gasteiger partial charge in [0.05, 0.1) is 10.0 Å². The normalized spacial score (nSPS) is 10.4. The van der Waals surface area contributed by atoms with E-state index in [1.807, 2.05) is 0 Å². The summed E-state index contributed by atoms with van der Waals surface area (Å²) in [7, 11) is 0. The Hall–Kier alpha value is -0.600. The van der Waals surface area contributed by atoms with Gasteiger partial charge in [0.15, 0.2) is 0 Å². The molecule has 0 aliphatic heterocycles. The van der Waals surface area contributed by atoms with Gasteiger partial charge in [-0.2, -0.15) is 0 Å². The third-order valence-corrected chi connectivity index (χ3v) is 3.38. The second-order valence-electron chi connectivity index (χ2n) is 3.23. The monoisotopic (exact) mass is 306 g/mol. The summed E-state index contributed by atoms with van der Waals surface area (Å²) < 4.78 is 5.57. The molecular formula is C12H6Cl4O. The molecule has 0 spiro atoms. The van der Waals surface area contributed by atoms with E-state index < -0.39 is 0 Å². The molecular weight excluding hydrogens is 302 g/mol. The molecule has 2 rings (SSSR count). The molecule has 0 radical (unpaired) electrons. The van der Waals surface area contributed by atoms with Crippen molar-refractivity contribution in [3.63, 3.8) is 0 Å². The highest BCUT2D eigenvalue weighted by molar-refractivity contribution is 6.43. The molecule has 0 fully saturated rings. The van der Waals surface area contributed by atoms with Crippen molar-refractivity contribution in [1.29, 1.82) is 0 Å². The van der Waals surface area contributed by atoms with Crippen LogP contribution in [0.25, 0.3) is 0 Å². The molecule has 0 atom stereocenters. The van der Waals surface area contributed by atoms with E-state index in [2.05, 4.69) is 0 Å². The van der Waals surface area contributed by atoms with E-state index >= 15 is 0 Å². The van der Waals surface area contributed by atoms with Crippen molar-refractivity contribution in [2.75, 3.05) is 0 Å². The van der Waals surface area contributed by atoms with Gasteiger partial charge in [0.2, 0.25) is 0 Å². The fraction of sp³-hybridized carbons (Fsp3) is 0.